The van der Waals surface area contributed by atoms with Gasteiger partial charge in [-0.05, 0) is 89.9 Å². The average Bonchev–Trinajstić information content (AvgIpc) is 3.23. The number of rotatable bonds is 39. The van der Waals surface area contributed by atoms with Gasteiger partial charge in [-0.3, -0.25) is 18.6 Å². The number of nitrogens with zero attached hydrogens (tertiary/aromatic N) is 1. The molecule has 0 saturated heterocycles. The van der Waals surface area contributed by atoms with Crippen LogP contribution < -0.4 is 0 Å². The third-order valence-corrected chi connectivity index (χ3v) is 9.68. The van der Waals surface area contributed by atoms with Gasteiger partial charge in [0.1, 0.15) is 19.8 Å². The topological polar surface area (TPSA) is 108 Å². The molecule has 0 amide bonds. The van der Waals surface area contributed by atoms with Crippen LogP contribution in [0.5, 0.6) is 0 Å². The van der Waals surface area contributed by atoms with Gasteiger partial charge in [0.15, 0.2) is 6.10 Å². The number of esters is 2. The van der Waals surface area contributed by atoms with Crippen molar-refractivity contribution in [1.29, 1.82) is 0 Å². The molecule has 2 atom stereocenters. The second kappa shape index (κ2) is 42.5. The van der Waals surface area contributed by atoms with E-state index in [2.05, 4.69) is 123 Å². The lowest BCUT2D eigenvalue weighted by Gasteiger charge is -2.24. The van der Waals surface area contributed by atoms with E-state index in [4.69, 9.17) is 18.5 Å². The summed E-state index contributed by atoms with van der Waals surface area (Å²) in [6.07, 6.45) is 61.1. The minimum atomic E-state index is -4.42. The molecule has 1 N–H and O–H groups in total. The zero-order valence-electron chi connectivity index (χ0n) is 39.0. The number of carbonyl (C=O) groups is 2. The summed E-state index contributed by atoms with van der Waals surface area (Å²) in [5.41, 5.74) is 0. The molecule has 0 fully saturated rings. The van der Waals surface area contributed by atoms with Gasteiger partial charge >= 0.3 is 19.8 Å². The van der Waals surface area contributed by atoms with Crippen molar-refractivity contribution in [2.75, 3.05) is 47.5 Å². The fraction of sp³-hybridized carbons (Fsp3) is 0.538. The average molecular weight is 881 g/mol. The summed E-state index contributed by atoms with van der Waals surface area (Å²) in [5, 5.41) is 0. The van der Waals surface area contributed by atoms with E-state index in [0.29, 0.717) is 23.9 Å². The van der Waals surface area contributed by atoms with Crippen molar-refractivity contribution in [3.05, 3.63) is 134 Å². The highest BCUT2D eigenvalue weighted by molar-refractivity contribution is 7.47. The van der Waals surface area contributed by atoms with Crippen molar-refractivity contribution in [2.24, 2.45) is 0 Å². The molecule has 0 aromatic carbocycles. The van der Waals surface area contributed by atoms with E-state index in [9.17, 15) is 19.0 Å². The lowest BCUT2D eigenvalue weighted by molar-refractivity contribution is -0.870. The van der Waals surface area contributed by atoms with Crippen LogP contribution in [0, 0.1) is 0 Å². The van der Waals surface area contributed by atoms with Crippen LogP contribution in [0.3, 0.4) is 0 Å². The molecule has 0 aliphatic heterocycles. The summed E-state index contributed by atoms with van der Waals surface area (Å²) in [6, 6.07) is 0. The lowest BCUT2D eigenvalue weighted by Crippen LogP contribution is -2.37. The van der Waals surface area contributed by atoms with Crippen molar-refractivity contribution in [3.63, 3.8) is 0 Å². The van der Waals surface area contributed by atoms with Gasteiger partial charge in [0.2, 0.25) is 0 Å². The molecule has 348 valence electrons. The van der Waals surface area contributed by atoms with E-state index < -0.39 is 32.5 Å². The van der Waals surface area contributed by atoms with E-state index in [-0.39, 0.29) is 26.1 Å². The minimum Gasteiger partial charge on any atom is -0.462 e. The van der Waals surface area contributed by atoms with Gasteiger partial charge in [-0.2, -0.15) is 0 Å². The molecule has 0 aliphatic carbocycles. The van der Waals surface area contributed by atoms with Crippen molar-refractivity contribution in [2.45, 2.75) is 136 Å². The normalized spacial score (nSPS) is 14.7. The van der Waals surface area contributed by atoms with Gasteiger partial charge in [-0.1, -0.05) is 160 Å². The number of likely N-dealkylation sites (N-methyl/N-ethyl adjacent to an activating group) is 1. The van der Waals surface area contributed by atoms with E-state index >= 15 is 0 Å². The molecule has 10 heteroatoms. The molecule has 0 heterocycles. The smallest absolute Gasteiger partial charge is 0.462 e. The molecule has 0 radical (unpaired) electrons. The maximum atomic E-state index is 12.7. The van der Waals surface area contributed by atoms with Crippen LogP contribution in [0.2, 0.25) is 0 Å². The number of carbonyl (C=O) groups excluding carboxylic acids is 2. The van der Waals surface area contributed by atoms with E-state index in [1.807, 2.05) is 45.4 Å². The number of phosphoric acid groups is 1. The van der Waals surface area contributed by atoms with Gasteiger partial charge in [-0.15, -0.1) is 0 Å². The molecule has 9 nitrogen and oxygen atoms in total. The second-order valence-corrected chi connectivity index (χ2v) is 17.1. The third-order valence-electron chi connectivity index (χ3n) is 8.69. The molecule has 0 bridgehead atoms. The Hall–Kier alpha value is -3.85. The molecule has 62 heavy (non-hydrogen) atoms. The molecule has 0 aromatic rings. The number of quaternary nitrogens is 1. The molecular formula is C52H83NO8P+. The van der Waals surface area contributed by atoms with Crippen LogP contribution in [-0.2, 0) is 32.7 Å². The number of hydrogen-bond acceptors (Lipinski definition) is 7. The van der Waals surface area contributed by atoms with Crippen LogP contribution in [0.25, 0.3) is 0 Å². The predicted octanol–water partition coefficient (Wildman–Crippen LogP) is 13.5. The van der Waals surface area contributed by atoms with Crippen molar-refractivity contribution < 1.29 is 42.1 Å². The Bertz CT molecular complexity index is 1510. The summed E-state index contributed by atoms with van der Waals surface area (Å²) in [4.78, 5) is 35.4. The Morgan fingerprint density at radius 2 is 0.903 bits per heavy atom. The molecule has 0 aliphatic rings. The Labute approximate surface area is 377 Å². The zero-order chi connectivity index (χ0) is 45.7. The van der Waals surface area contributed by atoms with Gasteiger partial charge < -0.3 is 18.9 Å². The van der Waals surface area contributed by atoms with Crippen LogP contribution in [0.15, 0.2) is 134 Å². The summed E-state index contributed by atoms with van der Waals surface area (Å²) in [5.74, 6) is -1.01. The Morgan fingerprint density at radius 1 is 0.516 bits per heavy atom. The van der Waals surface area contributed by atoms with Gasteiger partial charge in [-0.25, -0.2) is 4.57 Å². The highest BCUT2D eigenvalue weighted by atomic mass is 31.2. The van der Waals surface area contributed by atoms with Crippen molar-refractivity contribution >= 4 is 19.8 Å². The highest BCUT2D eigenvalue weighted by Gasteiger charge is 2.27. The van der Waals surface area contributed by atoms with E-state index in [0.717, 1.165) is 64.2 Å². The van der Waals surface area contributed by atoms with E-state index in [1.165, 1.54) is 25.7 Å². The Morgan fingerprint density at radius 3 is 1.31 bits per heavy atom. The first-order chi connectivity index (χ1) is 30.0. The van der Waals surface area contributed by atoms with Crippen LogP contribution in [0.1, 0.15) is 129 Å². The predicted molar refractivity (Wildman–Crippen MR) is 260 cm³/mol. The maximum absolute atomic E-state index is 12.7. The molecule has 1 unspecified atom stereocenters. The van der Waals surface area contributed by atoms with Gasteiger partial charge in [0, 0.05) is 12.8 Å². The van der Waals surface area contributed by atoms with E-state index in [1.54, 1.807) is 0 Å². The van der Waals surface area contributed by atoms with Crippen molar-refractivity contribution in [1.82, 2.24) is 0 Å². The SMILES string of the molecule is CC/C=C\C/C=C\C/C=C\C/C=C\C/C=C\C/C=C\CCC(=O)O[C@H](COC(=O)CC/C=C\C/C=C\C/C=C\C/C=C\C/C=C\CCCCC)COP(=O)(O)OCC[N+](C)(C)C. The Kier molecular flexibility index (Phi) is 39.8. The summed E-state index contributed by atoms with van der Waals surface area (Å²) in [7, 11) is 1.37. The number of phosphoric ester groups is 1. The first kappa shape index (κ1) is 58.1. The summed E-state index contributed by atoms with van der Waals surface area (Å²) < 4.78 is 34.1. The van der Waals surface area contributed by atoms with Crippen LogP contribution in [-0.4, -0.2) is 74.9 Å². The van der Waals surface area contributed by atoms with Crippen molar-refractivity contribution in [3.8, 4) is 0 Å². The zero-order valence-corrected chi connectivity index (χ0v) is 39.9. The lowest BCUT2D eigenvalue weighted by atomic mass is 10.2. The first-order valence-electron chi connectivity index (χ1n) is 22.9. The van der Waals surface area contributed by atoms with Gasteiger partial charge in [0.05, 0.1) is 27.7 Å². The standard InChI is InChI=1S/C52H82NO8P/c1-6-8-10-12-14-16-18-20-22-24-26-28-30-32-34-36-38-40-42-44-51(54)58-48-50(49-60-62(56,57)59-47-46-53(3,4)5)61-52(55)45-43-41-39-37-35-33-31-29-27-25-23-21-19-17-15-13-11-9-7-2/h9,11,14-17,20-23,26-29,32-35,38-41,50H,6-8,10,12-13,18-19,24-25,30-31,36-37,42-49H2,1-5H3/p+1/b11-9-,16-14-,17-15-,22-20-,23-21-,28-26-,29-27-,34-32-,35-33-,40-38-,41-39-/t50-/m1/s1. The number of hydrogen-bond donors (Lipinski definition) is 1. The third kappa shape index (κ3) is 45.7. The summed E-state index contributed by atoms with van der Waals surface area (Å²) >= 11 is 0. The largest absolute Gasteiger partial charge is 0.472 e. The molecule has 0 spiro atoms. The molecule has 0 saturated carbocycles. The molecular weight excluding hydrogens is 798 g/mol. The fourth-order valence-corrected chi connectivity index (χ4v) is 5.88. The Balaban J connectivity index is 4.61. The maximum Gasteiger partial charge on any atom is 0.472 e. The van der Waals surface area contributed by atoms with Crippen LogP contribution in [0.4, 0.5) is 0 Å². The summed E-state index contributed by atoms with van der Waals surface area (Å²) in [6.45, 7) is 4.07. The first-order valence-corrected chi connectivity index (χ1v) is 24.4. The second-order valence-electron chi connectivity index (χ2n) is 15.7. The molecule has 0 rings (SSSR count). The fourth-order valence-electron chi connectivity index (χ4n) is 5.14. The minimum absolute atomic E-state index is 0.00138. The molecule has 0 aromatic heterocycles. The number of allylic oxidation sites excluding steroid dienone is 22. The van der Waals surface area contributed by atoms with Crippen LogP contribution >= 0.6 is 7.82 Å². The highest BCUT2D eigenvalue weighted by Crippen LogP contribution is 2.43. The number of ether oxygens (including phenoxy) is 2. The quantitative estimate of drug-likeness (QED) is 0.0214. The number of unbranched alkanes of at least 4 members (excludes halogenated alkanes) is 3. The monoisotopic (exact) mass is 881 g/mol. The van der Waals surface area contributed by atoms with Gasteiger partial charge in [0.25, 0.3) is 0 Å².